The lowest BCUT2D eigenvalue weighted by Crippen LogP contribution is -2.27. The van der Waals surface area contributed by atoms with Crippen molar-refractivity contribution in [3.05, 3.63) is 69.9 Å². The van der Waals surface area contributed by atoms with E-state index in [9.17, 15) is 9.18 Å². The number of likely N-dealkylation sites (N-methyl/N-ethyl adjacent to an activating group) is 1. The highest BCUT2D eigenvalue weighted by Crippen LogP contribution is 2.12. The maximum Gasteiger partial charge on any atom is 0.227 e. The van der Waals surface area contributed by atoms with Crippen LogP contribution in [0.15, 0.2) is 53.0 Å². The van der Waals surface area contributed by atoms with Gasteiger partial charge in [-0.2, -0.15) is 0 Å². The van der Waals surface area contributed by atoms with Gasteiger partial charge >= 0.3 is 0 Å². The van der Waals surface area contributed by atoms with E-state index in [2.05, 4.69) is 15.9 Å². The van der Waals surface area contributed by atoms with Crippen LogP contribution in [0.1, 0.15) is 11.1 Å². The Labute approximate surface area is 126 Å². The summed E-state index contributed by atoms with van der Waals surface area (Å²) in [5, 5.41) is 0. The molecule has 1 amide bonds. The van der Waals surface area contributed by atoms with Crippen LogP contribution >= 0.6 is 15.9 Å². The van der Waals surface area contributed by atoms with Gasteiger partial charge in [0.15, 0.2) is 0 Å². The van der Waals surface area contributed by atoms with Crippen LogP contribution in [0, 0.1) is 5.82 Å². The van der Waals surface area contributed by atoms with Crippen LogP contribution in [-0.4, -0.2) is 17.9 Å². The van der Waals surface area contributed by atoms with E-state index in [1.54, 1.807) is 24.1 Å². The van der Waals surface area contributed by atoms with Crippen LogP contribution in [0.5, 0.6) is 0 Å². The van der Waals surface area contributed by atoms with E-state index in [-0.39, 0.29) is 18.1 Å². The van der Waals surface area contributed by atoms with E-state index in [0.29, 0.717) is 12.1 Å². The largest absolute Gasteiger partial charge is 0.341 e. The Morgan fingerprint density at radius 1 is 1.15 bits per heavy atom. The molecule has 2 rings (SSSR count). The molecule has 2 aromatic rings. The molecule has 0 saturated carbocycles. The third kappa shape index (κ3) is 4.17. The van der Waals surface area contributed by atoms with E-state index in [1.807, 2.05) is 24.3 Å². The quantitative estimate of drug-likeness (QED) is 0.832. The zero-order valence-electron chi connectivity index (χ0n) is 11.1. The number of rotatable bonds is 4. The Hall–Kier alpha value is -1.68. The van der Waals surface area contributed by atoms with Crippen molar-refractivity contribution in [3.63, 3.8) is 0 Å². The fourth-order valence-electron chi connectivity index (χ4n) is 1.91. The molecule has 0 heterocycles. The number of carbonyl (C=O) groups excluding carboxylic acids is 1. The Morgan fingerprint density at radius 3 is 2.50 bits per heavy atom. The highest BCUT2D eigenvalue weighted by Gasteiger charge is 2.10. The highest BCUT2D eigenvalue weighted by molar-refractivity contribution is 9.10. The standard InChI is InChI=1S/C16H15BrFNO/c1-19(11-12-5-7-14(17)8-6-12)16(20)10-13-3-2-4-15(18)9-13/h2-9H,10-11H2,1H3. The molecule has 0 fully saturated rings. The SMILES string of the molecule is CN(Cc1ccc(Br)cc1)C(=O)Cc1cccc(F)c1. The molecule has 2 aromatic carbocycles. The van der Waals surface area contributed by atoms with Gasteiger partial charge in [-0.25, -0.2) is 4.39 Å². The molecule has 4 heteroatoms. The second-order valence-electron chi connectivity index (χ2n) is 4.68. The predicted molar refractivity (Wildman–Crippen MR) is 80.7 cm³/mol. The second kappa shape index (κ2) is 6.66. The van der Waals surface area contributed by atoms with Gasteiger partial charge in [-0.15, -0.1) is 0 Å². The van der Waals surface area contributed by atoms with Crippen molar-refractivity contribution < 1.29 is 9.18 Å². The fraction of sp³-hybridized carbons (Fsp3) is 0.188. The van der Waals surface area contributed by atoms with E-state index < -0.39 is 0 Å². The Bertz CT molecular complexity index is 598. The van der Waals surface area contributed by atoms with Gasteiger partial charge in [-0.05, 0) is 35.4 Å². The van der Waals surface area contributed by atoms with E-state index in [1.165, 1.54) is 12.1 Å². The minimum atomic E-state index is -0.314. The van der Waals surface area contributed by atoms with Gasteiger partial charge < -0.3 is 4.90 Å². The van der Waals surface area contributed by atoms with Gasteiger partial charge in [0.05, 0.1) is 6.42 Å². The van der Waals surface area contributed by atoms with Gasteiger partial charge in [-0.1, -0.05) is 40.2 Å². The van der Waals surface area contributed by atoms with Crippen molar-refractivity contribution >= 4 is 21.8 Å². The fourth-order valence-corrected chi connectivity index (χ4v) is 2.17. The predicted octanol–water partition coefficient (Wildman–Crippen LogP) is 3.79. The highest BCUT2D eigenvalue weighted by atomic mass is 79.9. The summed E-state index contributed by atoms with van der Waals surface area (Å²) in [5.74, 6) is -0.343. The number of halogens is 2. The lowest BCUT2D eigenvalue weighted by Gasteiger charge is -2.17. The first kappa shape index (κ1) is 14.7. The summed E-state index contributed by atoms with van der Waals surface area (Å²) < 4.78 is 14.1. The molecule has 0 aliphatic carbocycles. The smallest absolute Gasteiger partial charge is 0.227 e. The van der Waals surface area contributed by atoms with Crippen LogP contribution in [0.2, 0.25) is 0 Å². The Balaban J connectivity index is 1.96. The first-order valence-electron chi connectivity index (χ1n) is 6.27. The molecule has 0 aliphatic heterocycles. The van der Waals surface area contributed by atoms with Gasteiger partial charge in [0.25, 0.3) is 0 Å². The topological polar surface area (TPSA) is 20.3 Å². The number of amides is 1. The normalized spacial score (nSPS) is 10.3. The second-order valence-corrected chi connectivity index (χ2v) is 5.60. The van der Waals surface area contributed by atoms with Crippen LogP contribution in [-0.2, 0) is 17.8 Å². The first-order valence-corrected chi connectivity index (χ1v) is 7.07. The van der Waals surface area contributed by atoms with E-state index >= 15 is 0 Å². The van der Waals surface area contributed by atoms with Crippen molar-refractivity contribution in [3.8, 4) is 0 Å². The third-order valence-corrected chi connectivity index (χ3v) is 3.53. The monoisotopic (exact) mass is 335 g/mol. The maximum absolute atomic E-state index is 13.1. The van der Waals surface area contributed by atoms with Crippen LogP contribution in [0.25, 0.3) is 0 Å². The van der Waals surface area contributed by atoms with Crippen molar-refractivity contribution in [1.29, 1.82) is 0 Å². The molecule has 104 valence electrons. The number of hydrogen-bond acceptors (Lipinski definition) is 1. The average Bonchev–Trinajstić information content (AvgIpc) is 2.41. The molecule has 0 saturated heterocycles. The summed E-state index contributed by atoms with van der Waals surface area (Å²) in [5.41, 5.74) is 1.75. The summed E-state index contributed by atoms with van der Waals surface area (Å²) in [6.07, 6.45) is 0.213. The molecular weight excluding hydrogens is 321 g/mol. The van der Waals surface area contributed by atoms with Crippen LogP contribution in [0.3, 0.4) is 0 Å². The maximum atomic E-state index is 13.1. The lowest BCUT2D eigenvalue weighted by molar-refractivity contribution is -0.129. The number of hydrogen-bond donors (Lipinski definition) is 0. The van der Waals surface area contributed by atoms with E-state index in [4.69, 9.17) is 0 Å². The third-order valence-electron chi connectivity index (χ3n) is 3.00. The summed E-state index contributed by atoms with van der Waals surface area (Å²) in [6, 6.07) is 14.0. The van der Waals surface area contributed by atoms with Crippen LogP contribution < -0.4 is 0 Å². The van der Waals surface area contributed by atoms with Gasteiger partial charge in [0.1, 0.15) is 5.82 Å². The molecule has 0 radical (unpaired) electrons. The molecule has 20 heavy (non-hydrogen) atoms. The zero-order valence-corrected chi connectivity index (χ0v) is 12.7. The van der Waals surface area contributed by atoms with Crippen molar-refractivity contribution in [2.24, 2.45) is 0 Å². The van der Waals surface area contributed by atoms with Gasteiger partial charge in [0, 0.05) is 18.1 Å². The summed E-state index contributed by atoms with van der Waals surface area (Å²) in [7, 11) is 1.75. The molecule has 0 N–H and O–H groups in total. The molecule has 0 aromatic heterocycles. The first-order chi connectivity index (χ1) is 9.54. The number of benzene rings is 2. The van der Waals surface area contributed by atoms with Gasteiger partial charge in [-0.3, -0.25) is 4.79 Å². The molecule has 0 aliphatic rings. The summed E-state index contributed by atoms with van der Waals surface area (Å²) in [4.78, 5) is 13.7. The Morgan fingerprint density at radius 2 is 1.85 bits per heavy atom. The average molecular weight is 336 g/mol. The summed E-state index contributed by atoms with van der Waals surface area (Å²) >= 11 is 3.38. The number of nitrogens with zero attached hydrogens (tertiary/aromatic N) is 1. The molecule has 0 unspecified atom stereocenters. The van der Waals surface area contributed by atoms with Crippen molar-refractivity contribution in [1.82, 2.24) is 4.90 Å². The lowest BCUT2D eigenvalue weighted by atomic mass is 10.1. The molecule has 0 atom stereocenters. The molecule has 2 nitrogen and oxygen atoms in total. The molecule has 0 bridgehead atoms. The van der Waals surface area contributed by atoms with Crippen molar-refractivity contribution in [2.75, 3.05) is 7.05 Å². The van der Waals surface area contributed by atoms with Gasteiger partial charge in [0.2, 0.25) is 5.91 Å². The molecular formula is C16H15BrFNO. The van der Waals surface area contributed by atoms with Crippen LogP contribution in [0.4, 0.5) is 4.39 Å². The minimum Gasteiger partial charge on any atom is -0.341 e. The number of carbonyl (C=O) groups is 1. The van der Waals surface area contributed by atoms with Crippen molar-refractivity contribution in [2.45, 2.75) is 13.0 Å². The summed E-state index contributed by atoms with van der Waals surface area (Å²) in [6.45, 7) is 0.543. The molecule has 0 spiro atoms. The van der Waals surface area contributed by atoms with E-state index in [0.717, 1.165) is 10.0 Å². The minimum absolute atomic E-state index is 0.0291. The Kier molecular flexibility index (Phi) is 4.90. The zero-order chi connectivity index (χ0) is 14.5.